The summed E-state index contributed by atoms with van der Waals surface area (Å²) in [4.78, 5) is 16.5. The van der Waals surface area contributed by atoms with Crippen molar-refractivity contribution in [2.45, 2.75) is 19.4 Å². The zero-order chi connectivity index (χ0) is 13.9. The maximum absolute atomic E-state index is 9.82. The number of hydrogen-bond acceptors (Lipinski definition) is 7. The summed E-state index contributed by atoms with van der Waals surface area (Å²) >= 11 is 0. The van der Waals surface area contributed by atoms with E-state index in [0.29, 0.717) is 24.4 Å². The van der Waals surface area contributed by atoms with E-state index >= 15 is 0 Å². The van der Waals surface area contributed by atoms with Gasteiger partial charge >= 0.3 is 0 Å². The highest BCUT2D eigenvalue weighted by Gasteiger charge is 2.19. The Morgan fingerprint density at radius 3 is 2.11 bits per heavy atom. The lowest BCUT2D eigenvalue weighted by Crippen LogP contribution is -2.37. The van der Waals surface area contributed by atoms with Crippen molar-refractivity contribution < 1.29 is 5.11 Å². The number of aliphatic hydroxyl groups is 1. The van der Waals surface area contributed by atoms with Crippen LogP contribution in [0.5, 0.6) is 0 Å². The van der Waals surface area contributed by atoms with Crippen LogP contribution in [0.3, 0.4) is 0 Å². The lowest BCUT2D eigenvalue weighted by molar-refractivity contribution is 0.0883. The molecule has 7 nitrogen and oxygen atoms in total. The van der Waals surface area contributed by atoms with E-state index in [1.54, 1.807) is 25.8 Å². The minimum absolute atomic E-state index is 0.438. The monoisotopic (exact) mass is 254 g/mol. The normalized spacial score (nSPS) is 11.3. The van der Waals surface area contributed by atoms with Crippen molar-refractivity contribution in [2.75, 3.05) is 49.9 Å². The van der Waals surface area contributed by atoms with Gasteiger partial charge in [-0.3, -0.25) is 0 Å². The van der Waals surface area contributed by atoms with Crippen LogP contribution in [-0.2, 0) is 0 Å². The molecule has 0 spiro atoms. The van der Waals surface area contributed by atoms with Gasteiger partial charge in [0.15, 0.2) is 0 Å². The highest BCUT2D eigenvalue weighted by molar-refractivity contribution is 5.43. The number of nitrogens with zero attached hydrogens (tertiary/aromatic N) is 5. The van der Waals surface area contributed by atoms with Gasteiger partial charge in [0.2, 0.25) is 17.8 Å². The highest BCUT2D eigenvalue weighted by Crippen LogP contribution is 2.15. The molecule has 0 unspecified atom stereocenters. The molecule has 0 saturated heterocycles. The van der Waals surface area contributed by atoms with Crippen molar-refractivity contribution in [2.24, 2.45) is 0 Å². The molecule has 1 aromatic rings. The Morgan fingerprint density at radius 1 is 1.11 bits per heavy atom. The van der Waals surface area contributed by atoms with Crippen LogP contribution in [0.2, 0.25) is 0 Å². The number of anilines is 3. The van der Waals surface area contributed by atoms with Gasteiger partial charge in [0.1, 0.15) is 0 Å². The molecule has 0 bridgehead atoms. The van der Waals surface area contributed by atoms with Crippen molar-refractivity contribution in [1.82, 2.24) is 15.0 Å². The van der Waals surface area contributed by atoms with E-state index in [-0.39, 0.29) is 0 Å². The Hall–Kier alpha value is -1.63. The molecule has 0 aliphatic carbocycles. The smallest absolute Gasteiger partial charge is 0.231 e. The molecule has 1 aromatic heterocycles. The van der Waals surface area contributed by atoms with Gasteiger partial charge in [-0.15, -0.1) is 0 Å². The Morgan fingerprint density at radius 2 is 1.67 bits per heavy atom. The molecule has 0 saturated carbocycles. The highest BCUT2D eigenvalue weighted by atomic mass is 16.3. The fraction of sp³-hybridized carbons (Fsp3) is 0.727. The molecule has 0 radical (unpaired) electrons. The molecule has 0 amide bonds. The van der Waals surface area contributed by atoms with Gasteiger partial charge in [0, 0.05) is 34.7 Å². The SMILES string of the molecule is CNc1nc(N(C)C)nc(N(C)CC(C)(C)O)n1. The molecule has 102 valence electrons. The Bertz CT molecular complexity index is 401. The molecular weight excluding hydrogens is 232 g/mol. The maximum atomic E-state index is 9.82. The van der Waals surface area contributed by atoms with E-state index in [9.17, 15) is 5.11 Å². The maximum Gasteiger partial charge on any atom is 0.231 e. The van der Waals surface area contributed by atoms with Gasteiger partial charge < -0.3 is 20.2 Å². The van der Waals surface area contributed by atoms with Crippen LogP contribution < -0.4 is 15.1 Å². The number of aromatic nitrogens is 3. The minimum Gasteiger partial charge on any atom is -0.389 e. The Balaban J connectivity index is 3.04. The van der Waals surface area contributed by atoms with Gasteiger partial charge in [-0.05, 0) is 13.8 Å². The van der Waals surface area contributed by atoms with Crippen LogP contribution in [0.4, 0.5) is 17.8 Å². The fourth-order valence-electron chi connectivity index (χ4n) is 1.49. The summed E-state index contributed by atoms with van der Waals surface area (Å²) < 4.78 is 0. The summed E-state index contributed by atoms with van der Waals surface area (Å²) in [6, 6.07) is 0. The first-order valence-corrected chi connectivity index (χ1v) is 5.77. The predicted molar refractivity (Wildman–Crippen MR) is 73.3 cm³/mol. The van der Waals surface area contributed by atoms with Crippen LogP contribution in [0.15, 0.2) is 0 Å². The zero-order valence-corrected chi connectivity index (χ0v) is 11.9. The van der Waals surface area contributed by atoms with Crippen molar-refractivity contribution in [3.63, 3.8) is 0 Å². The first kappa shape index (κ1) is 14.4. The van der Waals surface area contributed by atoms with Crippen LogP contribution in [-0.4, -0.2) is 60.4 Å². The molecule has 7 heteroatoms. The van der Waals surface area contributed by atoms with Gasteiger partial charge in [0.05, 0.1) is 5.60 Å². The zero-order valence-electron chi connectivity index (χ0n) is 11.9. The lowest BCUT2D eigenvalue weighted by Gasteiger charge is -2.26. The molecule has 0 aliphatic rings. The predicted octanol–water partition coefficient (Wildman–Crippen LogP) is 0.186. The van der Waals surface area contributed by atoms with Crippen LogP contribution in [0, 0.1) is 0 Å². The summed E-state index contributed by atoms with van der Waals surface area (Å²) in [7, 11) is 7.34. The third-order valence-electron chi connectivity index (χ3n) is 2.20. The topological polar surface area (TPSA) is 77.4 Å². The van der Waals surface area contributed by atoms with E-state index in [4.69, 9.17) is 0 Å². The van der Waals surface area contributed by atoms with E-state index in [0.717, 1.165) is 0 Å². The largest absolute Gasteiger partial charge is 0.389 e. The summed E-state index contributed by atoms with van der Waals surface area (Å²) in [5, 5.41) is 12.7. The molecule has 2 N–H and O–H groups in total. The van der Waals surface area contributed by atoms with Crippen molar-refractivity contribution >= 4 is 17.8 Å². The molecule has 0 aliphatic heterocycles. The van der Waals surface area contributed by atoms with Crippen molar-refractivity contribution in [3.8, 4) is 0 Å². The molecule has 0 atom stereocenters. The Labute approximate surface area is 108 Å². The molecule has 1 heterocycles. The third-order valence-corrected chi connectivity index (χ3v) is 2.20. The van der Waals surface area contributed by atoms with E-state index in [1.165, 1.54) is 0 Å². The standard InChI is InChI=1S/C11H22N6O/c1-11(2,18)7-17(6)10-14-8(12-3)13-9(15-10)16(4)5/h18H,7H2,1-6H3,(H,12,13,14,15). The van der Waals surface area contributed by atoms with Crippen LogP contribution in [0.25, 0.3) is 0 Å². The summed E-state index contributed by atoms with van der Waals surface area (Å²) in [5.74, 6) is 1.61. The van der Waals surface area contributed by atoms with E-state index in [2.05, 4.69) is 20.3 Å². The summed E-state index contributed by atoms with van der Waals surface area (Å²) in [6.07, 6.45) is 0. The molecule has 18 heavy (non-hydrogen) atoms. The van der Waals surface area contributed by atoms with Gasteiger partial charge in [-0.1, -0.05) is 0 Å². The second-order valence-electron chi connectivity index (χ2n) is 5.07. The second kappa shape index (κ2) is 5.34. The van der Waals surface area contributed by atoms with Gasteiger partial charge in [-0.2, -0.15) is 15.0 Å². The number of likely N-dealkylation sites (N-methyl/N-ethyl adjacent to an activating group) is 1. The molecule has 1 rings (SSSR count). The summed E-state index contributed by atoms with van der Waals surface area (Å²) in [6.45, 7) is 3.93. The minimum atomic E-state index is -0.806. The molecule has 0 fully saturated rings. The van der Waals surface area contributed by atoms with Crippen molar-refractivity contribution in [1.29, 1.82) is 0 Å². The summed E-state index contributed by atoms with van der Waals surface area (Å²) in [5.41, 5.74) is -0.806. The Kier molecular flexibility index (Phi) is 4.28. The van der Waals surface area contributed by atoms with Crippen molar-refractivity contribution in [3.05, 3.63) is 0 Å². The number of hydrogen-bond donors (Lipinski definition) is 2. The second-order valence-corrected chi connectivity index (χ2v) is 5.07. The fourth-order valence-corrected chi connectivity index (χ4v) is 1.49. The molecule has 0 aromatic carbocycles. The third kappa shape index (κ3) is 3.99. The quantitative estimate of drug-likeness (QED) is 0.776. The van der Waals surface area contributed by atoms with Gasteiger partial charge in [0.25, 0.3) is 0 Å². The van der Waals surface area contributed by atoms with E-state index in [1.807, 2.05) is 26.0 Å². The first-order valence-electron chi connectivity index (χ1n) is 5.77. The van der Waals surface area contributed by atoms with Gasteiger partial charge in [-0.25, -0.2) is 0 Å². The first-order chi connectivity index (χ1) is 8.23. The lowest BCUT2D eigenvalue weighted by atomic mass is 10.1. The molecular formula is C11H22N6O. The van der Waals surface area contributed by atoms with E-state index < -0.39 is 5.60 Å². The average Bonchev–Trinajstić information content (AvgIpc) is 2.26. The average molecular weight is 254 g/mol. The van der Waals surface area contributed by atoms with Crippen LogP contribution >= 0.6 is 0 Å². The number of rotatable bonds is 5. The van der Waals surface area contributed by atoms with Crippen LogP contribution in [0.1, 0.15) is 13.8 Å². The number of nitrogens with one attached hydrogen (secondary N) is 1.